The SMILES string of the molecule is CS(=O)(=O)O.[H-].[Li+]. The van der Waals surface area contributed by atoms with Crippen LogP contribution in [0.25, 0.3) is 0 Å². The van der Waals surface area contributed by atoms with Crippen LogP contribution < -0.4 is 18.9 Å². The molecule has 0 radical (unpaired) electrons. The third kappa shape index (κ3) is 215. The van der Waals surface area contributed by atoms with Crippen LogP contribution in [0, 0.1) is 0 Å². The average molecular weight is 104 g/mol. The van der Waals surface area contributed by atoms with E-state index in [0.717, 1.165) is 0 Å². The van der Waals surface area contributed by atoms with Gasteiger partial charge in [-0.15, -0.1) is 0 Å². The summed E-state index contributed by atoms with van der Waals surface area (Å²) >= 11 is 0. The van der Waals surface area contributed by atoms with E-state index in [4.69, 9.17) is 4.55 Å². The van der Waals surface area contributed by atoms with Crippen molar-refractivity contribution in [2.75, 3.05) is 6.26 Å². The first-order valence-corrected chi connectivity index (χ1v) is 2.77. The predicted octanol–water partition coefficient (Wildman–Crippen LogP) is -3.38. The second-order valence-corrected chi connectivity index (χ2v) is 2.20. The topological polar surface area (TPSA) is 54.4 Å². The van der Waals surface area contributed by atoms with Crippen molar-refractivity contribution < 1.29 is 33.3 Å². The third-order valence-corrected chi connectivity index (χ3v) is 0. The van der Waals surface area contributed by atoms with Crippen molar-refractivity contribution in [3.63, 3.8) is 0 Å². The first kappa shape index (κ1) is 9.72. The van der Waals surface area contributed by atoms with Gasteiger partial charge in [-0.25, -0.2) is 0 Å². The second-order valence-electron chi connectivity index (χ2n) is 0.733. The Morgan fingerprint density at radius 3 is 1.67 bits per heavy atom. The van der Waals surface area contributed by atoms with Crippen LogP contribution in [-0.2, 0) is 10.1 Å². The molecule has 3 nitrogen and oxygen atoms in total. The summed E-state index contributed by atoms with van der Waals surface area (Å²) in [5.74, 6) is 0. The summed E-state index contributed by atoms with van der Waals surface area (Å²) in [6.07, 6.45) is 0.715. The Balaban J connectivity index is -0.0000000800. The van der Waals surface area contributed by atoms with Gasteiger partial charge in [-0.05, 0) is 0 Å². The zero-order chi connectivity index (χ0) is 4.50. The van der Waals surface area contributed by atoms with Crippen LogP contribution in [-0.4, -0.2) is 19.2 Å². The molecule has 0 aliphatic heterocycles. The molecule has 0 bridgehead atoms. The average Bonchev–Trinajstić information content (AvgIpc) is 0.722. The van der Waals surface area contributed by atoms with Crippen molar-refractivity contribution in [1.82, 2.24) is 0 Å². The van der Waals surface area contributed by atoms with Gasteiger partial charge in [0.15, 0.2) is 0 Å². The van der Waals surface area contributed by atoms with Crippen LogP contribution in [0.2, 0.25) is 0 Å². The van der Waals surface area contributed by atoms with Crippen LogP contribution in [0.5, 0.6) is 0 Å². The molecule has 0 aliphatic carbocycles. The Labute approximate surface area is 50.2 Å². The molecule has 0 heterocycles. The van der Waals surface area contributed by atoms with E-state index in [1.54, 1.807) is 0 Å². The van der Waals surface area contributed by atoms with E-state index in [9.17, 15) is 8.42 Å². The van der Waals surface area contributed by atoms with E-state index in [1.807, 2.05) is 0 Å². The smallest absolute Gasteiger partial charge is 1.00 e. The molecule has 34 valence electrons. The Bertz CT molecular complexity index is 98.1. The molecule has 0 saturated carbocycles. The second kappa shape index (κ2) is 2.64. The molecule has 5 heteroatoms. The minimum atomic E-state index is -3.67. The summed E-state index contributed by atoms with van der Waals surface area (Å²) in [7, 11) is -3.67. The molecule has 0 aliphatic rings. The zero-order valence-corrected chi connectivity index (χ0v) is 4.49. The Morgan fingerprint density at radius 1 is 1.67 bits per heavy atom. The van der Waals surface area contributed by atoms with E-state index in [0.29, 0.717) is 6.26 Å². The summed E-state index contributed by atoms with van der Waals surface area (Å²) in [5, 5.41) is 0. The van der Waals surface area contributed by atoms with Crippen molar-refractivity contribution in [2.24, 2.45) is 0 Å². The molecule has 0 saturated heterocycles. The maximum atomic E-state index is 9.19. The minimum absolute atomic E-state index is 0. The number of hydrogen-bond donors (Lipinski definition) is 1. The molecule has 0 aromatic carbocycles. The third-order valence-electron chi connectivity index (χ3n) is 0. The molecule has 0 rings (SSSR count). The summed E-state index contributed by atoms with van der Waals surface area (Å²) in [4.78, 5) is 0. The van der Waals surface area contributed by atoms with Crippen LogP contribution >= 0.6 is 0 Å². The molecule has 0 atom stereocenters. The fraction of sp³-hybridized carbons (Fsp3) is 1.00. The summed E-state index contributed by atoms with van der Waals surface area (Å²) in [5.41, 5.74) is 0. The van der Waals surface area contributed by atoms with Gasteiger partial charge in [0, 0.05) is 0 Å². The maximum Gasteiger partial charge on any atom is 1.00 e. The monoisotopic (exact) mass is 104 g/mol. The van der Waals surface area contributed by atoms with Crippen molar-refractivity contribution in [2.45, 2.75) is 0 Å². The Morgan fingerprint density at radius 2 is 1.67 bits per heavy atom. The van der Waals surface area contributed by atoms with Crippen LogP contribution in [0.15, 0.2) is 0 Å². The zero-order valence-electron chi connectivity index (χ0n) is 4.67. The van der Waals surface area contributed by atoms with E-state index in [1.165, 1.54) is 0 Å². The van der Waals surface area contributed by atoms with Crippen molar-refractivity contribution in [3.8, 4) is 0 Å². The molecule has 0 aromatic heterocycles. The van der Waals surface area contributed by atoms with Crippen LogP contribution in [0.4, 0.5) is 0 Å². The number of rotatable bonds is 0. The van der Waals surface area contributed by atoms with Gasteiger partial charge < -0.3 is 1.43 Å². The van der Waals surface area contributed by atoms with Gasteiger partial charge in [-0.3, -0.25) is 4.55 Å². The van der Waals surface area contributed by atoms with Gasteiger partial charge in [0.1, 0.15) is 0 Å². The fourth-order valence-corrected chi connectivity index (χ4v) is 0. The van der Waals surface area contributed by atoms with Gasteiger partial charge in [0.25, 0.3) is 10.1 Å². The van der Waals surface area contributed by atoms with E-state index in [2.05, 4.69) is 0 Å². The summed E-state index contributed by atoms with van der Waals surface area (Å²) < 4.78 is 25.9. The van der Waals surface area contributed by atoms with Gasteiger partial charge in [0.2, 0.25) is 0 Å². The standard InChI is InChI=1S/CH4O3S.Li.H/c1-5(2,3)4;;/h1H3,(H,2,3,4);;/q;+1;-1. The molecule has 0 amide bonds. The molecule has 6 heavy (non-hydrogen) atoms. The minimum Gasteiger partial charge on any atom is -1.00 e. The van der Waals surface area contributed by atoms with E-state index in [-0.39, 0.29) is 20.3 Å². The number of hydrogen-bond acceptors (Lipinski definition) is 2. The van der Waals surface area contributed by atoms with Gasteiger partial charge in [-0.1, -0.05) is 0 Å². The predicted molar refractivity (Wildman–Crippen MR) is 18.6 cm³/mol. The quantitative estimate of drug-likeness (QED) is 0.258. The molecule has 0 spiro atoms. The first-order chi connectivity index (χ1) is 2.00. The molecular weight excluding hydrogens is 99.0 g/mol. The molecular formula is CH5LiO3S. The molecule has 0 aromatic rings. The molecule has 1 N–H and O–H groups in total. The molecule has 0 unspecified atom stereocenters. The van der Waals surface area contributed by atoms with Gasteiger partial charge >= 0.3 is 18.9 Å². The summed E-state index contributed by atoms with van der Waals surface area (Å²) in [6.45, 7) is 0. The van der Waals surface area contributed by atoms with Crippen molar-refractivity contribution in [3.05, 3.63) is 0 Å². The van der Waals surface area contributed by atoms with Gasteiger partial charge in [0.05, 0.1) is 6.26 Å². The van der Waals surface area contributed by atoms with E-state index < -0.39 is 10.1 Å². The summed E-state index contributed by atoms with van der Waals surface area (Å²) in [6, 6.07) is 0. The largest absolute Gasteiger partial charge is 1.00 e. The van der Waals surface area contributed by atoms with E-state index >= 15 is 0 Å². The van der Waals surface area contributed by atoms with Crippen molar-refractivity contribution in [1.29, 1.82) is 0 Å². The Hall–Kier alpha value is 0.507. The van der Waals surface area contributed by atoms with Gasteiger partial charge in [-0.2, -0.15) is 8.42 Å². The Kier molecular flexibility index (Phi) is 4.28. The fourth-order valence-electron chi connectivity index (χ4n) is 0. The van der Waals surface area contributed by atoms with Crippen LogP contribution in [0.1, 0.15) is 1.43 Å². The normalized spacial score (nSPS) is 9.67. The van der Waals surface area contributed by atoms with Crippen LogP contribution in [0.3, 0.4) is 0 Å². The maximum absolute atomic E-state index is 9.19. The first-order valence-electron chi connectivity index (χ1n) is 0.924. The van der Waals surface area contributed by atoms with Crippen molar-refractivity contribution >= 4 is 10.1 Å². The molecule has 0 fully saturated rings.